The maximum Gasteiger partial charge on any atom is -0.0155 e. The van der Waals surface area contributed by atoms with Gasteiger partial charge in [-0.25, -0.2) is 0 Å². The van der Waals surface area contributed by atoms with Gasteiger partial charge < -0.3 is 0 Å². The summed E-state index contributed by atoms with van der Waals surface area (Å²) in [5, 5.41) is 2.71. The molecular formula is C15H20. The normalized spacial score (nSPS) is 9.60. The molecule has 0 N–H and O–H groups in total. The molecule has 0 spiro atoms. The predicted molar refractivity (Wildman–Crippen MR) is 69.4 cm³/mol. The van der Waals surface area contributed by atoms with Gasteiger partial charge in [-0.3, -0.25) is 0 Å². The smallest absolute Gasteiger partial charge is 0.0155 e. The minimum absolute atomic E-state index is 1.25. The second kappa shape index (κ2) is 5.55. The third-order valence-electron chi connectivity index (χ3n) is 2.25. The van der Waals surface area contributed by atoms with Gasteiger partial charge in [0.1, 0.15) is 0 Å². The summed E-state index contributed by atoms with van der Waals surface area (Å²) in [6.07, 6.45) is 1.25. The van der Waals surface area contributed by atoms with Gasteiger partial charge in [0.15, 0.2) is 0 Å². The summed E-state index contributed by atoms with van der Waals surface area (Å²) in [7, 11) is 0. The van der Waals surface area contributed by atoms with Gasteiger partial charge in [0, 0.05) is 0 Å². The highest BCUT2D eigenvalue weighted by Crippen LogP contribution is 2.18. The van der Waals surface area contributed by atoms with Crippen molar-refractivity contribution >= 4 is 10.8 Å². The first-order valence-corrected chi connectivity index (χ1v) is 5.65. The van der Waals surface area contributed by atoms with Crippen LogP contribution >= 0.6 is 0 Å². The summed E-state index contributed by atoms with van der Waals surface area (Å²) in [6, 6.07) is 13.0. The average Bonchev–Trinajstić information content (AvgIpc) is 2.19. The molecule has 0 unspecified atom stereocenters. The fourth-order valence-corrected chi connectivity index (χ4v) is 1.57. The van der Waals surface area contributed by atoms with Gasteiger partial charge in [-0.05, 0) is 30.2 Å². The number of hydrogen-bond donors (Lipinski definition) is 0. The number of rotatable bonds is 0. The lowest BCUT2D eigenvalue weighted by atomic mass is 10.0. The first-order chi connectivity index (χ1) is 7.19. The van der Waals surface area contributed by atoms with E-state index in [-0.39, 0.29) is 0 Å². The Kier molecular flexibility index (Phi) is 4.36. The van der Waals surface area contributed by atoms with Crippen LogP contribution in [0, 0.1) is 13.8 Å². The summed E-state index contributed by atoms with van der Waals surface area (Å²) < 4.78 is 0. The second-order valence-electron chi connectivity index (χ2n) is 4.01. The number of hydrogen-bond acceptors (Lipinski definition) is 0. The first-order valence-electron chi connectivity index (χ1n) is 5.65. The fraction of sp³-hybridized carbons (Fsp3) is 0.333. The Balaban J connectivity index is 0.000000337. The zero-order chi connectivity index (χ0) is 11.3. The van der Waals surface area contributed by atoms with Crippen LogP contribution in [0.1, 0.15) is 31.4 Å². The van der Waals surface area contributed by atoms with Crippen molar-refractivity contribution in [2.75, 3.05) is 0 Å². The molecule has 0 heterocycles. The molecule has 0 saturated heterocycles. The summed E-state index contributed by atoms with van der Waals surface area (Å²) in [4.78, 5) is 0. The molecule has 0 nitrogen and oxygen atoms in total. The fourth-order valence-electron chi connectivity index (χ4n) is 1.57. The van der Waals surface area contributed by atoms with Crippen molar-refractivity contribution < 1.29 is 0 Å². The first kappa shape index (κ1) is 11.8. The third kappa shape index (κ3) is 3.09. The van der Waals surface area contributed by atoms with E-state index in [0.717, 1.165) is 0 Å². The lowest BCUT2D eigenvalue weighted by Crippen LogP contribution is -1.78. The molecule has 0 radical (unpaired) electrons. The molecular weight excluding hydrogens is 180 g/mol. The Bertz CT molecular complexity index is 427. The highest BCUT2D eigenvalue weighted by Gasteiger charge is 1.94. The Morgan fingerprint density at radius 1 is 0.933 bits per heavy atom. The van der Waals surface area contributed by atoms with Gasteiger partial charge in [0.2, 0.25) is 0 Å². The molecule has 0 aliphatic carbocycles. The number of benzene rings is 2. The lowest BCUT2D eigenvalue weighted by molar-refractivity contribution is 1.09. The molecule has 0 amide bonds. The van der Waals surface area contributed by atoms with Crippen LogP contribution in [0.5, 0.6) is 0 Å². The van der Waals surface area contributed by atoms with Crippen LogP contribution in [-0.4, -0.2) is 0 Å². The van der Waals surface area contributed by atoms with E-state index in [4.69, 9.17) is 0 Å². The van der Waals surface area contributed by atoms with Crippen molar-refractivity contribution in [3.05, 3.63) is 47.5 Å². The van der Waals surface area contributed by atoms with Gasteiger partial charge in [-0.1, -0.05) is 62.2 Å². The molecule has 15 heavy (non-hydrogen) atoms. The van der Waals surface area contributed by atoms with Crippen LogP contribution < -0.4 is 0 Å². The molecule has 0 atom stereocenters. The van der Waals surface area contributed by atoms with Crippen LogP contribution in [0.15, 0.2) is 36.4 Å². The summed E-state index contributed by atoms with van der Waals surface area (Å²) in [5.41, 5.74) is 2.68. The van der Waals surface area contributed by atoms with Crippen molar-refractivity contribution in [2.45, 2.75) is 34.1 Å². The molecule has 0 heteroatoms. The standard InChI is InChI=1S/C12H12.C3H8/c1-9-6-7-12-10(2)4-3-5-11(12)8-9;1-3-2/h3-8H,1-2H3;3H2,1-2H3. The molecule has 0 aromatic heterocycles. The molecule has 0 fully saturated rings. The van der Waals surface area contributed by atoms with Crippen LogP contribution in [0.4, 0.5) is 0 Å². The van der Waals surface area contributed by atoms with Crippen LogP contribution in [0.25, 0.3) is 10.8 Å². The average molecular weight is 200 g/mol. The summed E-state index contributed by atoms with van der Waals surface area (Å²) in [5.74, 6) is 0. The Morgan fingerprint density at radius 2 is 1.60 bits per heavy atom. The molecule has 0 bridgehead atoms. The maximum atomic E-state index is 2.22. The Labute approximate surface area is 92.9 Å². The van der Waals surface area contributed by atoms with E-state index in [1.165, 1.54) is 28.3 Å². The molecule has 2 aromatic rings. The predicted octanol–water partition coefficient (Wildman–Crippen LogP) is 4.87. The molecule has 0 aliphatic rings. The minimum Gasteiger partial charge on any atom is -0.0656 e. The van der Waals surface area contributed by atoms with Gasteiger partial charge >= 0.3 is 0 Å². The van der Waals surface area contributed by atoms with Gasteiger partial charge in [-0.2, -0.15) is 0 Å². The molecule has 0 aliphatic heterocycles. The summed E-state index contributed by atoms with van der Waals surface area (Å²) in [6.45, 7) is 8.53. The lowest BCUT2D eigenvalue weighted by Gasteiger charge is -2.01. The van der Waals surface area contributed by atoms with Crippen molar-refractivity contribution in [1.29, 1.82) is 0 Å². The Morgan fingerprint density at radius 3 is 2.27 bits per heavy atom. The van der Waals surface area contributed by atoms with E-state index < -0.39 is 0 Å². The van der Waals surface area contributed by atoms with Gasteiger partial charge in [0.25, 0.3) is 0 Å². The SMILES string of the molecule is CCC.Cc1ccc2c(C)cccc2c1. The van der Waals surface area contributed by atoms with Crippen LogP contribution in [0.3, 0.4) is 0 Å². The topological polar surface area (TPSA) is 0 Å². The largest absolute Gasteiger partial charge is 0.0656 e. The van der Waals surface area contributed by atoms with Gasteiger partial charge in [0.05, 0.1) is 0 Å². The van der Waals surface area contributed by atoms with E-state index in [0.29, 0.717) is 0 Å². The minimum atomic E-state index is 1.25. The number of fused-ring (bicyclic) bond motifs is 1. The van der Waals surface area contributed by atoms with E-state index in [1.54, 1.807) is 0 Å². The summed E-state index contributed by atoms with van der Waals surface area (Å²) >= 11 is 0. The maximum absolute atomic E-state index is 2.22. The molecule has 2 rings (SSSR count). The monoisotopic (exact) mass is 200 g/mol. The second-order valence-corrected chi connectivity index (χ2v) is 4.01. The van der Waals surface area contributed by atoms with Crippen LogP contribution in [0.2, 0.25) is 0 Å². The van der Waals surface area contributed by atoms with E-state index in [1.807, 2.05) is 0 Å². The quantitative estimate of drug-likeness (QED) is 0.569. The molecule has 80 valence electrons. The zero-order valence-electron chi connectivity index (χ0n) is 10.2. The molecule has 0 saturated carbocycles. The van der Waals surface area contributed by atoms with E-state index >= 15 is 0 Å². The van der Waals surface area contributed by atoms with Crippen molar-refractivity contribution in [2.24, 2.45) is 0 Å². The van der Waals surface area contributed by atoms with Crippen LogP contribution in [-0.2, 0) is 0 Å². The highest BCUT2D eigenvalue weighted by atomic mass is 14.0. The van der Waals surface area contributed by atoms with E-state index in [9.17, 15) is 0 Å². The number of aryl methyl sites for hydroxylation is 2. The van der Waals surface area contributed by atoms with Crippen molar-refractivity contribution in [1.82, 2.24) is 0 Å². The van der Waals surface area contributed by atoms with Gasteiger partial charge in [-0.15, -0.1) is 0 Å². The van der Waals surface area contributed by atoms with Crippen molar-refractivity contribution in [3.8, 4) is 0 Å². The Hall–Kier alpha value is -1.30. The van der Waals surface area contributed by atoms with Crippen molar-refractivity contribution in [3.63, 3.8) is 0 Å². The third-order valence-corrected chi connectivity index (χ3v) is 2.25. The molecule has 2 aromatic carbocycles. The zero-order valence-corrected chi connectivity index (χ0v) is 10.2. The highest BCUT2D eigenvalue weighted by molar-refractivity contribution is 5.85. The van der Waals surface area contributed by atoms with E-state index in [2.05, 4.69) is 64.1 Å².